The second-order valence-electron chi connectivity index (χ2n) is 5.44. The molecule has 8 heteroatoms. The van der Waals surface area contributed by atoms with Gasteiger partial charge in [-0.25, -0.2) is 14.4 Å². The molecule has 0 radical (unpaired) electrons. The molecule has 1 N–H and O–H groups in total. The molecule has 0 saturated carbocycles. The van der Waals surface area contributed by atoms with Gasteiger partial charge in [0.2, 0.25) is 5.95 Å². The Bertz CT molecular complexity index is 879. The maximum atomic E-state index is 13.4. The van der Waals surface area contributed by atoms with E-state index in [1.54, 1.807) is 6.20 Å². The maximum Gasteiger partial charge on any atom is 0.227 e. The smallest absolute Gasteiger partial charge is 0.227 e. The Morgan fingerprint density at radius 3 is 2.67 bits per heavy atom. The molecule has 3 aromatic rings. The summed E-state index contributed by atoms with van der Waals surface area (Å²) in [5, 5.41) is 7.94. The molecule has 0 aliphatic rings. The molecular formula is C16H14Cl2FN5. The van der Waals surface area contributed by atoms with Gasteiger partial charge in [0.15, 0.2) is 0 Å². The summed E-state index contributed by atoms with van der Waals surface area (Å²) in [5.41, 5.74) is 1.68. The molecule has 0 saturated heterocycles. The number of nitrogens with zero attached hydrogens (tertiary/aromatic N) is 4. The predicted octanol–water partition coefficient (Wildman–Crippen LogP) is 5.11. The van der Waals surface area contributed by atoms with Crippen LogP contribution in [0.3, 0.4) is 0 Å². The fraction of sp³-hybridized carbons (Fsp3) is 0.188. The van der Waals surface area contributed by atoms with Gasteiger partial charge in [0.1, 0.15) is 5.82 Å². The van der Waals surface area contributed by atoms with E-state index in [0.29, 0.717) is 21.4 Å². The lowest BCUT2D eigenvalue weighted by Crippen LogP contribution is -2.00. The molecule has 0 aliphatic carbocycles. The molecule has 3 rings (SSSR count). The van der Waals surface area contributed by atoms with E-state index in [4.69, 9.17) is 23.2 Å². The van der Waals surface area contributed by atoms with Crippen molar-refractivity contribution in [3.05, 3.63) is 52.7 Å². The van der Waals surface area contributed by atoms with E-state index in [9.17, 15) is 4.39 Å². The molecule has 0 spiro atoms. The van der Waals surface area contributed by atoms with Crippen LogP contribution in [0, 0.1) is 5.82 Å². The van der Waals surface area contributed by atoms with E-state index < -0.39 is 5.82 Å². The summed E-state index contributed by atoms with van der Waals surface area (Å²) in [4.78, 5) is 8.50. The Morgan fingerprint density at radius 2 is 1.96 bits per heavy atom. The highest BCUT2D eigenvalue weighted by molar-refractivity contribution is 6.33. The van der Waals surface area contributed by atoms with Crippen LogP contribution in [0.15, 0.2) is 36.8 Å². The minimum Gasteiger partial charge on any atom is -0.323 e. The highest BCUT2D eigenvalue weighted by atomic mass is 35.5. The Morgan fingerprint density at radius 1 is 1.17 bits per heavy atom. The van der Waals surface area contributed by atoms with Gasteiger partial charge in [-0.3, -0.25) is 4.68 Å². The number of hydrogen-bond acceptors (Lipinski definition) is 4. The predicted molar refractivity (Wildman–Crippen MR) is 93.3 cm³/mol. The van der Waals surface area contributed by atoms with Gasteiger partial charge >= 0.3 is 0 Å². The lowest BCUT2D eigenvalue weighted by molar-refractivity contribution is 0.532. The molecule has 0 amide bonds. The summed E-state index contributed by atoms with van der Waals surface area (Å²) in [6.07, 6.45) is 5.02. The first kappa shape index (κ1) is 16.7. The van der Waals surface area contributed by atoms with Crippen LogP contribution in [0.2, 0.25) is 10.0 Å². The Hall–Kier alpha value is -2.18. The zero-order valence-corrected chi connectivity index (χ0v) is 14.5. The third-order valence-corrected chi connectivity index (χ3v) is 3.93. The van der Waals surface area contributed by atoms with E-state index in [2.05, 4.69) is 20.4 Å². The molecule has 0 fully saturated rings. The number of aromatic nitrogens is 4. The van der Waals surface area contributed by atoms with Crippen molar-refractivity contribution in [2.75, 3.05) is 5.32 Å². The first-order valence-electron chi connectivity index (χ1n) is 7.23. The highest BCUT2D eigenvalue weighted by Crippen LogP contribution is 2.29. The van der Waals surface area contributed by atoms with E-state index in [1.807, 2.05) is 24.7 Å². The normalized spacial score (nSPS) is 11.1. The van der Waals surface area contributed by atoms with Crippen LogP contribution >= 0.6 is 23.2 Å². The quantitative estimate of drug-likeness (QED) is 0.697. The van der Waals surface area contributed by atoms with Gasteiger partial charge in [-0.2, -0.15) is 5.10 Å². The van der Waals surface area contributed by atoms with Crippen molar-refractivity contribution >= 4 is 34.8 Å². The van der Waals surface area contributed by atoms with Crippen molar-refractivity contribution in [2.45, 2.75) is 19.9 Å². The Kier molecular flexibility index (Phi) is 4.69. The molecule has 5 nitrogen and oxygen atoms in total. The minimum absolute atomic E-state index is 0.225. The van der Waals surface area contributed by atoms with E-state index >= 15 is 0 Å². The highest BCUT2D eigenvalue weighted by Gasteiger charge is 2.12. The van der Waals surface area contributed by atoms with Crippen LogP contribution in [0.4, 0.5) is 16.0 Å². The number of benzene rings is 1. The standard InChI is InChI=1S/C16H14Cl2FN5/c1-9(2)24-8-10(6-21-24)15-13(18)7-20-16(23-15)22-14-5-11(19)3-4-12(14)17/h3-9H,1-2H3,(H,20,22,23). The van der Waals surface area contributed by atoms with Crippen LogP contribution in [0.5, 0.6) is 0 Å². The number of nitrogens with one attached hydrogen (secondary N) is 1. The van der Waals surface area contributed by atoms with Gasteiger partial charge in [-0.05, 0) is 32.0 Å². The second-order valence-corrected chi connectivity index (χ2v) is 6.26. The summed E-state index contributed by atoms with van der Waals surface area (Å²) >= 11 is 12.3. The zero-order valence-electron chi connectivity index (χ0n) is 13.0. The first-order chi connectivity index (χ1) is 11.4. The van der Waals surface area contributed by atoms with E-state index in [0.717, 1.165) is 5.56 Å². The van der Waals surface area contributed by atoms with E-state index in [1.165, 1.54) is 24.4 Å². The number of halogens is 3. The van der Waals surface area contributed by atoms with Crippen molar-refractivity contribution in [3.63, 3.8) is 0 Å². The second kappa shape index (κ2) is 6.75. The van der Waals surface area contributed by atoms with Gasteiger partial charge in [0, 0.05) is 17.8 Å². The summed E-state index contributed by atoms with van der Waals surface area (Å²) < 4.78 is 15.2. The van der Waals surface area contributed by atoms with Crippen LogP contribution in [0.1, 0.15) is 19.9 Å². The Balaban J connectivity index is 1.95. The van der Waals surface area contributed by atoms with E-state index in [-0.39, 0.29) is 12.0 Å². The lowest BCUT2D eigenvalue weighted by Gasteiger charge is -2.09. The maximum absolute atomic E-state index is 13.4. The van der Waals surface area contributed by atoms with Crippen LogP contribution < -0.4 is 5.32 Å². The van der Waals surface area contributed by atoms with Crippen LogP contribution in [0.25, 0.3) is 11.3 Å². The fourth-order valence-corrected chi connectivity index (χ4v) is 2.45. The molecule has 2 aromatic heterocycles. The third kappa shape index (κ3) is 3.49. The molecule has 2 heterocycles. The lowest BCUT2D eigenvalue weighted by atomic mass is 10.2. The zero-order chi connectivity index (χ0) is 17.3. The molecule has 24 heavy (non-hydrogen) atoms. The van der Waals surface area contributed by atoms with Crippen molar-refractivity contribution in [1.82, 2.24) is 19.7 Å². The minimum atomic E-state index is -0.408. The monoisotopic (exact) mass is 365 g/mol. The van der Waals surface area contributed by atoms with Crippen molar-refractivity contribution in [3.8, 4) is 11.3 Å². The summed E-state index contributed by atoms with van der Waals surface area (Å²) in [7, 11) is 0. The number of rotatable bonds is 4. The summed E-state index contributed by atoms with van der Waals surface area (Å²) in [5.74, 6) is -0.145. The molecular weight excluding hydrogens is 352 g/mol. The largest absolute Gasteiger partial charge is 0.323 e. The van der Waals surface area contributed by atoms with Gasteiger partial charge in [0.05, 0.1) is 33.8 Å². The number of anilines is 2. The van der Waals surface area contributed by atoms with Crippen molar-refractivity contribution < 1.29 is 4.39 Å². The SMILES string of the molecule is CC(C)n1cc(-c2nc(Nc3cc(F)ccc3Cl)ncc2Cl)cn1. The topological polar surface area (TPSA) is 55.6 Å². The van der Waals surface area contributed by atoms with Crippen molar-refractivity contribution in [2.24, 2.45) is 0 Å². The first-order valence-corrected chi connectivity index (χ1v) is 7.99. The van der Waals surface area contributed by atoms with Gasteiger partial charge < -0.3 is 5.32 Å². The number of hydrogen-bond donors (Lipinski definition) is 1. The molecule has 124 valence electrons. The Labute approximate surface area is 148 Å². The summed E-state index contributed by atoms with van der Waals surface area (Å²) in [6.45, 7) is 4.05. The molecule has 0 aliphatic heterocycles. The van der Waals surface area contributed by atoms with Gasteiger partial charge in [-0.15, -0.1) is 0 Å². The fourth-order valence-electron chi connectivity index (χ4n) is 2.09. The average Bonchev–Trinajstić information content (AvgIpc) is 3.03. The van der Waals surface area contributed by atoms with Crippen LogP contribution in [-0.2, 0) is 0 Å². The van der Waals surface area contributed by atoms with Gasteiger partial charge in [-0.1, -0.05) is 23.2 Å². The molecule has 1 aromatic carbocycles. The average molecular weight is 366 g/mol. The molecule has 0 unspecified atom stereocenters. The van der Waals surface area contributed by atoms with Gasteiger partial charge in [0.25, 0.3) is 0 Å². The van der Waals surface area contributed by atoms with Crippen LogP contribution in [-0.4, -0.2) is 19.7 Å². The molecule has 0 atom stereocenters. The summed E-state index contributed by atoms with van der Waals surface area (Å²) in [6, 6.07) is 4.24. The third-order valence-electron chi connectivity index (χ3n) is 3.32. The molecule has 0 bridgehead atoms. The van der Waals surface area contributed by atoms with Crippen molar-refractivity contribution in [1.29, 1.82) is 0 Å².